The Morgan fingerprint density at radius 3 is 1.34 bits per heavy atom. The lowest BCUT2D eigenvalue weighted by Gasteiger charge is -2.18. The minimum Gasteiger partial charge on any atom is -0.241 e. The Kier molecular flexibility index (Phi) is 32.2. The molecular weight excluding hydrogens is 1500 g/mol. The van der Waals surface area contributed by atoms with Crippen molar-refractivity contribution in [3.63, 3.8) is 0 Å². The van der Waals surface area contributed by atoms with Crippen LogP contribution in [0.1, 0.15) is 101 Å². The largest absolute Gasteiger partial charge is 0.268 e. The van der Waals surface area contributed by atoms with Crippen molar-refractivity contribution in [2.45, 2.75) is 124 Å². The van der Waals surface area contributed by atoms with E-state index >= 15 is 0 Å². The lowest BCUT2D eigenvalue weighted by Crippen LogP contribution is -2.13. The van der Waals surface area contributed by atoms with Gasteiger partial charge < -0.3 is 0 Å². The van der Waals surface area contributed by atoms with Crippen LogP contribution in [0.2, 0.25) is 0 Å². The zero-order valence-electron chi connectivity index (χ0n) is 70.4. The van der Waals surface area contributed by atoms with Crippen molar-refractivity contribution in [3.8, 4) is 22.3 Å². The number of benzene rings is 15. The summed E-state index contributed by atoms with van der Waals surface area (Å²) in [6, 6.07) is 130. The number of nitrogens with zero attached hydrogens (tertiary/aromatic N) is 2. The SMILES string of the molecule is CCCCc1ccc(C)cc1.Cc1cc2ccccc2n1S(=O)(=O)c1ccccc1.Cc1cc2ccccc2s1.Cc1ccc(-c2ccccc2)cc1.Cc1ccc(C(C)(C)C)cc1.Cc1ccc2ccccc2c1.Cc1cccc2ccccc12.Cc1ccccc1-c1ccccc1.Cc1cn(S(=O)(=O)c2ccccc2)c2ccccc12. The van der Waals surface area contributed by atoms with Gasteiger partial charge in [-0.15, -0.1) is 11.3 Å². The predicted molar refractivity (Wildman–Crippen MR) is 508 cm³/mol. The topological polar surface area (TPSA) is 78.1 Å². The van der Waals surface area contributed by atoms with E-state index in [-0.39, 0.29) is 5.41 Å². The average Bonchev–Trinajstić information content (AvgIpc) is 1.58. The number of unbranched alkanes of at least 4 members (excludes halogenated alkanes) is 1. The van der Waals surface area contributed by atoms with Crippen LogP contribution >= 0.6 is 11.3 Å². The predicted octanol–water partition coefficient (Wildman–Crippen LogP) is 29.8. The van der Waals surface area contributed by atoms with E-state index in [1.54, 1.807) is 73.8 Å². The molecule has 0 aliphatic heterocycles. The van der Waals surface area contributed by atoms with E-state index in [1.807, 2.05) is 85.0 Å². The third kappa shape index (κ3) is 25.1. The van der Waals surface area contributed by atoms with E-state index in [1.165, 1.54) is 130 Å². The van der Waals surface area contributed by atoms with Gasteiger partial charge in [0.15, 0.2) is 0 Å². The molecule has 18 rings (SSSR count). The van der Waals surface area contributed by atoms with Gasteiger partial charge in [-0.25, -0.2) is 24.8 Å². The molecule has 18 aromatic rings. The molecule has 6 nitrogen and oxygen atoms in total. The first-order valence-electron chi connectivity index (χ1n) is 40.3. The molecule has 0 bridgehead atoms. The van der Waals surface area contributed by atoms with Crippen LogP contribution in [0.15, 0.2) is 404 Å². The first-order chi connectivity index (χ1) is 56.9. The van der Waals surface area contributed by atoms with Crippen LogP contribution in [0.5, 0.6) is 0 Å². The highest BCUT2D eigenvalue weighted by molar-refractivity contribution is 7.90. The van der Waals surface area contributed by atoms with E-state index in [9.17, 15) is 16.8 Å². The van der Waals surface area contributed by atoms with Crippen LogP contribution in [0, 0.1) is 62.3 Å². The molecule has 0 unspecified atom stereocenters. The summed E-state index contributed by atoms with van der Waals surface area (Å²) in [5, 5.41) is 8.58. The van der Waals surface area contributed by atoms with E-state index in [2.05, 4.69) is 337 Å². The van der Waals surface area contributed by atoms with Gasteiger partial charge in [0.1, 0.15) is 0 Å². The smallest absolute Gasteiger partial charge is 0.241 e. The molecule has 3 heterocycles. The Labute approximate surface area is 706 Å². The van der Waals surface area contributed by atoms with Crippen molar-refractivity contribution in [2.75, 3.05) is 0 Å². The van der Waals surface area contributed by atoms with Crippen molar-refractivity contribution in [1.82, 2.24) is 7.94 Å². The third-order valence-electron chi connectivity index (χ3n) is 20.0. The number of fused-ring (bicyclic) bond motifs is 5. The minimum atomic E-state index is -3.54. The molecule has 0 fully saturated rings. The Hall–Kier alpha value is -12.2. The average molecular weight is 1610 g/mol. The molecule has 0 aliphatic rings. The summed E-state index contributed by atoms with van der Waals surface area (Å²) in [6.45, 7) is 27.5. The number of para-hydroxylation sites is 2. The van der Waals surface area contributed by atoms with E-state index in [4.69, 9.17) is 0 Å². The second-order valence-electron chi connectivity index (χ2n) is 30.5. The first kappa shape index (κ1) is 88.1. The quantitative estimate of drug-likeness (QED) is 0.144. The summed E-state index contributed by atoms with van der Waals surface area (Å²) < 4.78 is 54.8. The highest BCUT2D eigenvalue weighted by Gasteiger charge is 2.22. The van der Waals surface area contributed by atoms with Gasteiger partial charge in [0, 0.05) is 32.2 Å². The van der Waals surface area contributed by atoms with E-state index < -0.39 is 20.0 Å². The summed E-state index contributed by atoms with van der Waals surface area (Å²) in [5.74, 6) is 0. The van der Waals surface area contributed by atoms with Gasteiger partial charge in [-0.05, 0) is 212 Å². The Balaban J connectivity index is 0.000000141. The lowest BCUT2D eigenvalue weighted by atomic mass is 9.87. The molecule has 0 radical (unpaired) electrons. The molecule has 15 aromatic carbocycles. The van der Waals surface area contributed by atoms with Gasteiger partial charge in [0.2, 0.25) is 0 Å². The summed E-state index contributed by atoms with van der Waals surface area (Å²) in [6.07, 6.45) is 5.50. The highest BCUT2D eigenvalue weighted by atomic mass is 32.2. The van der Waals surface area contributed by atoms with E-state index in [0.29, 0.717) is 26.5 Å². The normalized spacial score (nSPS) is 10.8. The van der Waals surface area contributed by atoms with Crippen LogP contribution in [0.25, 0.3) is 75.7 Å². The van der Waals surface area contributed by atoms with Crippen LogP contribution in [-0.4, -0.2) is 24.8 Å². The molecule has 0 saturated carbocycles. The highest BCUT2D eigenvalue weighted by Crippen LogP contribution is 2.30. The fourth-order valence-corrected chi connectivity index (χ4v) is 17.3. The van der Waals surface area contributed by atoms with Crippen molar-refractivity contribution < 1.29 is 16.8 Å². The van der Waals surface area contributed by atoms with Crippen molar-refractivity contribution >= 4 is 84.8 Å². The van der Waals surface area contributed by atoms with Gasteiger partial charge in [0.05, 0.1) is 20.8 Å². The molecule has 0 aliphatic carbocycles. The molecule has 0 amide bonds. The van der Waals surface area contributed by atoms with Gasteiger partial charge in [-0.1, -0.05) is 390 Å². The van der Waals surface area contributed by atoms with Crippen LogP contribution < -0.4 is 0 Å². The molecule has 0 N–H and O–H groups in total. The second kappa shape index (κ2) is 43.1. The molecular formula is C109H110N2O4S3. The Morgan fingerprint density at radius 2 is 0.763 bits per heavy atom. The molecule has 0 saturated heterocycles. The molecule has 118 heavy (non-hydrogen) atoms. The monoisotopic (exact) mass is 1610 g/mol. The lowest BCUT2D eigenvalue weighted by molar-refractivity contribution is 0.586. The van der Waals surface area contributed by atoms with E-state index in [0.717, 1.165) is 16.3 Å². The first-order valence-corrected chi connectivity index (χ1v) is 44.0. The van der Waals surface area contributed by atoms with Gasteiger partial charge >= 0.3 is 0 Å². The third-order valence-corrected chi connectivity index (χ3v) is 24.6. The molecule has 598 valence electrons. The summed E-state index contributed by atoms with van der Waals surface area (Å²) in [7, 11) is -7.06. The van der Waals surface area contributed by atoms with Crippen molar-refractivity contribution in [1.29, 1.82) is 0 Å². The minimum absolute atomic E-state index is 0.285. The molecule has 0 atom stereocenters. The Bertz CT molecular complexity index is 6310. The number of thiophene rings is 1. The zero-order valence-corrected chi connectivity index (χ0v) is 72.9. The zero-order chi connectivity index (χ0) is 84.0. The van der Waals surface area contributed by atoms with Gasteiger partial charge in [-0.2, -0.15) is 0 Å². The van der Waals surface area contributed by atoms with Crippen LogP contribution in [0.4, 0.5) is 0 Å². The molecule has 0 spiro atoms. The number of hydrogen-bond acceptors (Lipinski definition) is 5. The maximum absolute atomic E-state index is 12.7. The fourth-order valence-electron chi connectivity index (χ4n) is 13.4. The van der Waals surface area contributed by atoms with Crippen molar-refractivity contribution in [3.05, 3.63) is 455 Å². The second-order valence-corrected chi connectivity index (χ2v) is 35.4. The molecule has 3 aromatic heterocycles. The van der Waals surface area contributed by atoms with Crippen LogP contribution in [-0.2, 0) is 31.9 Å². The molecule has 9 heteroatoms. The Morgan fingerprint density at radius 1 is 0.322 bits per heavy atom. The summed E-state index contributed by atoms with van der Waals surface area (Å²) in [4.78, 5) is 2.00. The standard InChI is InChI=1S/2C15H13NO2S.2C13H12.2C11H10.2C11H16.C9H8S/c1-12-11-13-7-5-6-10-15(13)16(12)19(17,18)14-8-3-2-4-9-14;1-12-11-16(15-10-6-5-9-14(12)15)19(17,18)13-7-3-2-4-8-13;1-11-7-5-6-10-13(11)12-8-3-2-4-9-12;1-11-7-9-13(10-8-11)12-5-3-2-4-6-12;1-9-5-4-7-10-6-2-3-8-11(9)10;1-9-6-7-10-4-2-3-5-11(10)8-9;1-9-5-7-10(8-6-9)11(2,3)4;1-3-4-5-11-8-6-10(2)7-9-11;1-7-6-8-4-2-3-5-9(8)10-7/h2*2-11H,1H3;2*2-10H,1H3;2*2-8H,1H3;5-8H,1-4H3;6-9H,3-5H2,1-2H3;2-6H,1H3. The number of hydrogen-bond donors (Lipinski definition) is 0. The van der Waals surface area contributed by atoms with Gasteiger partial charge in [-0.3, -0.25) is 0 Å². The maximum atomic E-state index is 12.7. The number of aromatic nitrogens is 2. The summed E-state index contributed by atoms with van der Waals surface area (Å²) >= 11 is 1.85. The summed E-state index contributed by atoms with van der Waals surface area (Å²) in [5.41, 5.74) is 19.4. The number of aryl methyl sites for hydroxylation is 10. The number of rotatable bonds is 9. The van der Waals surface area contributed by atoms with Gasteiger partial charge in [0.25, 0.3) is 20.0 Å². The van der Waals surface area contributed by atoms with Crippen LogP contribution in [0.3, 0.4) is 0 Å². The fraction of sp³-hybridized carbons (Fsp3) is 0.156. The van der Waals surface area contributed by atoms with Crippen molar-refractivity contribution in [2.24, 2.45) is 0 Å². The maximum Gasteiger partial charge on any atom is 0.268 e.